The third-order valence-corrected chi connectivity index (χ3v) is 4.90. The third-order valence-electron chi connectivity index (χ3n) is 4.90. The maximum atomic E-state index is 13.8. The highest BCUT2D eigenvalue weighted by molar-refractivity contribution is 5.83. The van der Waals surface area contributed by atoms with E-state index in [1.165, 1.54) is 6.07 Å². The molecule has 5 heteroatoms. The average Bonchev–Trinajstić information content (AvgIpc) is 3.34. The summed E-state index contributed by atoms with van der Waals surface area (Å²) >= 11 is 0. The Balaban J connectivity index is 1.44. The molecular formula is C20H20FN3O. The van der Waals surface area contributed by atoms with Crippen LogP contribution < -0.4 is 5.32 Å². The van der Waals surface area contributed by atoms with Crippen molar-refractivity contribution in [1.29, 1.82) is 0 Å². The van der Waals surface area contributed by atoms with Crippen molar-refractivity contribution in [2.24, 2.45) is 5.92 Å². The molecule has 4 rings (SSSR count). The fraction of sp³-hybridized carbons (Fsp3) is 0.300. The second kappa shape index (κ2) is 6.31. The molecule has 3 aromatic rings. The van der Waals surface area contributed by atoms with Gasteiger partial charge in [-0.3, -0.25) is 4.79 Å². The number of halogens is 1. The van der Waals surface area contributed by atoms with Gasteiger partial charge in [-0.15, -0.1) is 0 Å². The minimum atomic E-state index is -0.226. The summed E-state index contributed by atoms with van der Waals surface area (Å²) in [6, 6.07) is 14.7. The first-order valence-electron chi connectivity index (χ1n) is 8.65. The molecule has 0 radical (unpaired) electrons. The number of carbonyl (C=O) groups is 1. The molecule has 0 spiro atoms. The number of aromatic nitrogens is 2. The maximum absolute atomic E-state index is 13.8. The number of rotatable bonds is 5. The maximum Gasteiger partial charge on any atom is 0.224 e. The molecule has 1 fully saturated rings. The summed E-state index contributed by atoms with van der Waals surface area (Å²) in [6.45, 7) is 3.25. The third kappa shape index (κ3) is 2.90. The van der Waals surface area contributed by atoms with E-state index in [0.29, 0.717) is 18.5 Å². The minimum absolute atomic E-state index is 0.00816. The van der Waals surface area contributed by atoms with E-state index in [2.05, 4.69) is 21.8 Å². The lowest BCUT2D eigenvalue weighted by Gasteiger charge is -2.08. The van der Waals surface area contributed by atoms with Crippen molar-refractivity contribution in [2.45, 2.75) is 32.4 Å². The highest BCUT2D eigenvalue weighted by atomic mass is 19.1. The van der Waals surface area contributed by atoms with E-state index in [9.17, 15) is 9.18 Å². The molecular weight excluding hydrogens is 317 g/mol. The van der Waals surface area contributed by atoms with Crippen LogP contribution in [0.4, 0.5) is 4.39 Å². The molecule has 128 valence electrons. The van der Waals surface area contributed by atoms with Gasteiger partial charge in [0, 0.05) is 12.5 Å². The molecule has 4 nitrogen and oxygen atoms in total. The van der Waals surface area contributed by atoms with Gasteiger partial charge < -0.3 is 9.88 Å². The van der Waals surface area contributed by atoms with Gasteiger partial charge in [0.25, 0.3) is 0 Å². The van der Waals surface area contributed by atoms with Crippen LogP contribution in [0.25, 0.3) is 11.0 Å². The first kappa shape index (κ1) is 15.8. The normalized spacial score (nSPS) is 19.1. The Morgan fingerprint density at radius 1 is 1.24 bits per heavy atom. The van der Waals surface area contributed by atoms with Gasteiger partial charge in [-0.05, 0) is 43.0 Å². The lowest BCUT2D eigenvalue weighted by molar-refractivity contribution is -0.122. The monoisotopic (exact) mass is 337 g/mol. The summed E-state index contributed by atoms with van der Waals surface area (Å²) in [7, 11) is 0. The molecule has 25 heavy (non-hydrogen) atoms. The summed E-state index contributed by atoms with van der Waals surface area (Å²) in [5, 5.41) is 2.97. The number of fused-ring (bicyclic) bond motifs is 1. The first-order valence-corrected chi connectivity index (χ1v) is 8.65. The Morgan fingerprint density at radius 2 is 2.00 bits per heavy atom. The van der Waals surface area contributed by atoms with Crippen LogP contribution in [-0.2, 0) is 17.9 Å². The van der Waals surface area contributed by atoms with E-state index in [1.54, 1.807) is 12.1 Å². The molecule has 0 bridgehead atoms. The zero-order chi connectivity index (χ0) is 17.4. The number of nitrogens with zero attached hydrogens (tertiary/aromatic N) is 2. The molecule has 1 heterocycles. The van der Waals surface area contributed by atoms with Gasteiger partial charge in [-0.25, -0.2) is 9.37 Å². The number of para-hydroxylation sites is 2. The number of aryl methyl sites for hydroxylation is 1. The van der Waals surface area contributed by atoms with Crippen molar-refractivity contribution >= 4 is 16.9 Å². The van der Waals surface area contributed by atoms with Crippen LogP contribution in [0.15, 0.2) is 48.5 Å². The summed E-state index contributed by atoms with van der Waals surface area (Å²) < 4.78 is 15.9. The number of imidazole rings is 1. The van der Waals surface area contributed by atoms with Crippen molar-refractivity contribution < 1.29 is 9.18 Å². The van der Waals surface area contributed by atoms with Crippen molar-refractivity contribution in [2.75, 3.05) is 0 Å². The molecule has 2 atom stereocenters. The van der Waals surface area contributed by atoms with Gasteiger partial charge in [0.1, 0.15) is 11.6 Å². The van der Waals surface area contributed by atoms with Gasteiger partial charge in [0.2, 0.25) is 5.91 Å². The smallest absolute Gasteiger partial charge is 0.224 e. The Hall–Kier alpha value is -2.69. The number of amides is 1. The van der Waals surface area contributed by atoms with E-state index >= 15 is 0 Å². The molecule has 1 aliphatic carbocycles. The highest BCUT2D eigenvalue weighted by Gasteiger charge is 2.45. The van der Waals surface area contributed by atoms with Gasteiger partial charge in [0.05, 0.1) is 17.6 Å². The summed E-state index contributed by atoms with van der Waals surface area (Å²) in [5.41, 5.74) is 2.65. The van der Waals surface area contributed by atoms with Crippen molar-refractivity contribution in [3.05, 3.63) is 65.7 Å². The lowest BCUT2D eigenvalue weighted by Crippen LogP contribution is -2.26. The molecule has 1 saturated carbocycles. The van der Waals surface area contributed by atoms with E-state index in [4.69, 9.17) is 0 Å². The molecule has 1 N–H and O–H groups in total. The SMILES string of the molecule is CCn1c(CNC(=O)[C@@H]2C[C@@H]2c2ccccc2F)nc2ccccc21. The molecule has 1 amide bonds. The molecule has 0 aliphatic heterocycles. The minimum Gasteiger partial charge on any atom is -0.349 e. The molecule has 0 unspecified atom stereocenters. The number of carbonyl (C=O) groups excluding carboxylic acids is 1. The van der Waals surface area contributed by atoms with Gasteiger partial charge in [-0.2, -0.15) is 0 Å². The van der Waals surface area contributed by atoms with Crippen LogP contribution in [0.2, 0.25) is 0 Å². The molecule has 2 aromatic carbocycles. The van der Waals surface area contributed by atoms with E-state index in [1.807, 2.05) is 30.3 Å². The van der Waals surface area contributed by atoms with Crippen LogP contribution in [0, 0.1) is 11.7 Å². The fourth-order valence-electron chi connectivity index (χ4n) is 3.51. The molecule has 0 saturated heterocycles. The largest absolute Gasteiger partial charge is 0.349 e. The van der Waals surface area contributed by atoms with Gasteiger partial charge in [0.15, 0.2) is 0 Å². The van der Waals surface area contributed by atoms with E-state index in [-0.39, 0.29) is 23.6 Å². The van der Waals surface area contributed by atoms with Crippen LogP contribution >= 0.6 is 0 Å². The molecule has 1 aliphatic rings. The van der Waals surface area contributed by atoms with Crippen LogP contribution in [-0.4, -0.2) is 15.5 Å². The summed E-state index contributed by atoms with van der Waals surface area (Å²) in [4.78, 5) is 17.0. The van der Waals surface area contributed by atoms with Crippen LogP contribution in [0.5, 0.6) is 0 Å². The fourth-order valence-corrected chi connectivity index (χ4v) is 3.51. The first-order chi connectivity index (χ1) is 12.2. The van der Waals surface area contributed by atoms with Gasteiger partial charge in [-0.1, -0.05) is 30.3 Å². The van der Waals surface area contributed by atoms with Gasteiger partial charge >= 0.3 is 0 Å². The van der Waals surface area contributed by atoms with E-state index in [0.717, 1.165) is 23.4 Å². The Bertz CT molecular complexity index is 934. The summed E-state index contributed by atoms with van der Waals surface area (Å²) in [6.07, 6.45) is 0.705. The quantitative estimate of drug-likeness (QED) is 0.773. The van der Waals surface area contributed by atoms with Crippen molar-refractivity contribution in [1.82, 2.24) is 14.9 Å². The second-order valence-electron chi connectivity index (χ2n) is 6.45. The highest BCUT2D eigenvalue weighted by Crippen LogP contribution is 2.48. The number of hydrogen-bond acceptors (Lipinski definition) is 2. The number of hydrogen-bond donors (Lipinski definition) is 1. The van der Waals surface area contributed by atoms with Crippen LogP contribution in [0.1, 0.15) is 30.7 Å². The zero-order valence-corrected chi connectivity index (χ0v) is 14.1. The Kier molecular flexibility index (Phi) is 3.99. The van der Waals surface area contributed by atoms with E-state index < -0.39 is 0 Å². The average molecular weight is 337 g/mol. The predicted molar refractivity (Wildman–Crippen MR) is 94.5 cm³/mol. The second-order valence-corrected chi connectivity index (χ2v) is 6.45. The number of nitrogens with one attached hydrogen (secondary N) is 1. The van der Waals surface area contributed by atoms with Crippen LogP contribution in [0.3, 0.4) is 0 Å². The lowest BCUT2D eigenvalue weighted by atomic mass is 10.1. The summed E-state index contributed by atoms with van der Waals surface area (Å²) in [5.74, 6) is 0.446. The molecule has 1 aromatic heterocycles. The number of benzene rings is 2. The predicted octanol–water partition coefficient (Wildman–Crippen LogP) is 3.62. The Labute approximate surface area is 145 Å². The Morgan fingerprint density at radius 3 is 2.80 bits per heavy atom. The topological polar surface area (TPSA) is 46.9 Å². The zero-order valence-electron chi connectivity index (χ0n) is 14.1. The van der Waals surface area contributed by atoms with Crippen molar-refractivity contribution in [3.63, 3.8) is 0 Å². The van der Waals surface area contributed by atoms with Crippen molar-refractivity contribution in [3.8, 4) is 0 Å². The standard InChI is InChI=1S/C20H20FN3O/c1-2-24-18-10-6-5-9-17(18)23-19(24)12-22-20(25)15-11-14(15)13-7-3-4-8-16(13)21/h3-10,14-15H,2,11-12H2,1H3,(H,22,25)/t14-,15-/m1/s1.